The molecule has 1 N–H and O–H groups in total. The van der Waals surface area contributed by atoms with Crippen molar-refractivity contribution in [1.82, 2.24) is 9.88 Å². The molecule has 0 bridgehead atoms. The number of non-ortho nitro benzene ring substituents is 1. The molecule has 0 atom stereocenters. The Morgan fingerprint density at radius 3 is 2.69 bits per heavy atom. The van der Waals surface area contributed by atoms with Crippen molar-refractivity contribution in [3.05, 3.63) is 93.1 Å². The molecule has 0 unspecified atom stereocenters. The number of carbonyl (C=O) groups excluding carboxylic acids is 1. The number of aliphatic imine (C=N–C) groups is 1. The quantitative estimate of drug-likeness (QED) is 0.391. The molecule has 8 heteroatoms. The lowest BCUT2D eigenvalue weighted by Gasteiger charge is -2.06. The number of hydrogen-bond acceptors (Lipinski definition) is 5. The Hall–Kier alpha value is -3.65. The van der Waals surface area contributed by atoms with Gasteiger partial charge in [-0.1, -0.05) is 23.8 Å². The lowest BCUT2D eigenvalue weighted by molar-refractivity contribution is -0.384. The third-order valence-electron chi connectivity index (χ3n) is 4.29. The molecule has 1 fully saturated rings. The van der Waals surface area contributed by atoms with Crippen molar-refractivity contribution in [2.45, 2.75) is 6.92 Å². The van der Waals surface area contributed by atoms with Crippen molar-refractivity contribution in [3.8, 4) is 5.69 Å². The zero-order valence-electron chi connectivity index (χ0n) is 15.4. The fraction of sp³-hybridized carbons (Fsp3) is 0.0476. The van der Waals surface area contributed by atoms with Gasteiger partial charge in [0.15, 0.2) is 5.17 Å². The predicted octanol–water partition coefficient (Wildman–Crippen LogP) is 4.59. The number of carbonyl (C=O) groups is 1. The van der Waals surface area contributed by atoms with Crippen LogP contribution < -0.4 is 5.32 Å². The largest absolute Gasteiger partial charge is 0.317 e. The highest BCUT2D eigenvalue weighted by atomic mass is 32.2. The van der Waals surface area contributed by atoms with E-state index in [1.54, 1.807) is 29.0 Å². The third kappa shape index (κ3) is 4.12. The van der Waals surface area contributed by atoms with E-state index in [9.17, 15) is 14.9 Å². The van der Waals surface area contributed by atoms with Gasteiger partial charge in [0.25, 0.3) is 11.6 Å². The molecule has 29 heavy (non-hydrogen) atoms. The summed E-state index contributed by atoms with van der Waals surface area (Å²) in [5, 5.41) is 14.3. The van der Waals surface area contributed by atoms with Gasteiger partial charge in [0, 0.05) is 24.0 Å². The molecule has 0 spiro atoms. The third-order valence-corrected chi connectivity index (χ3v) is 5.20. The first-order valence-electron chi connectivity index (χ1n) is 8.78. The summed E-state index contributed by atoms with van der Waals surface area (Å²) in [6.07, 6.45) is 3.54. The number of rotatable bonds is 4. The van der Waals surface area contributed by atoms with Crippen molar-refractivity contribution in [1.29, 1.82) is 0 Å². The number of nitrogens with zero attached hydrogens (tertiary/aromatic N) is 3. The lowest BCUT2D eigenvalue weighted by atomic mass is 10.2. The van der Waals surface area contributed by atoms with Gasteiger partial charge >= 0.3 is 0 Å². The maximum absolute atomic E-state index is 12.4. The van der Waals surface area contributed by atoms with Gasteiger partial charge in [-0.05, 0) is 55.1 Å². The summed E-state index contributed by atoms with van der Waals surface area (Å²) in [5.41, 5.74) is 3.29. The Morgan fingerprint density at radius 2 is 1.93 bits per heavy atom. The van der Waals surface area contributed by atoms with Gasteiger partial charge in [-0.3, -0.25) is 14.9 Å². The predicted molar refractivity (Wildman–Crippen MR) is 114 cm³/mol. The molecule has 144 valence electrons. The first-order chi connectivity index (χ1) is 14.0. The van der Waals surface area contributed by atoms with Crippen LogP contribution >= 0.6 is 11.8 Å². The molecule has 0 aliphatic carbocycles. The molecule has 1 amide bonds. The Balaban J connectivity index is 1.62. The van der Waals surface area contributed by atoms with Gasteiger partial charge in [0.2, 0.25) is 0 Å². The van der Waals surface area contributed by atoms with Crippen LogP contribution in [-0.4, -0.2) is 20.6 Å². The van der Waals surface area contributed by atoms with Gasteiger partial charge in [-0.2, -0.15) is 0 Å². The number of hydrogen-bond donors (Lipinski definition) is 1. The number of aryl methyl sites for hydroxylation is 1. The maximum atomic E-state index is 12.4. The van der Waals surface area contributed by atoms with E-state index in [1.165, 1.54) is 23.9 Å². The fourth-order valence-electron chi connectivity index (χ4n) is 2.85. The van der Waals surface area contributed by atoms with Crippen molar-refractivity contribution in [3.63, 3.8) is 0 Å². The molecule has 1 aliphatic rings. The molecule has 1 aromatic heterocycles. The zero-order valence-corrected chi connectivity index (χ0v) is 16.2. The summed E-state index contributed by atoms with van der Waals surface area (Å²) < 4.78 is 1.79. The zero-order chi connectivity index (χ0) is 20.4. The first kappa shape index (κ1) is 18.7. The molecule has 1 saturated heterocycles. The fourth-order valence-corrected chi connectivity index (χ4v) is 3.68. The summed E-state index contributed by atoms with van der Waals surface area (Å²) in [7, 11) is 0. The van der Waals surface area contributed by atoms with E-state index in [2.05, 4.69) is 10.3 Å². The summed E-state index contributed by atoms with van der Waals surface area (Å²) in [6.45, 7) is 2.00. The van der Waals surface area contributed by atoms with E-state index < -0.39 is 4.92 Å². The first-order valence-corrected chi connectivity index (χ1v) is 9.60. The molecule has 2 heterocycles. The number of amides is 1. The highest BCUT2D eigenvalue weighted by Crippen LogP contribution is 2.29. The van der Waals surface area contributed by atoms with E-state index in [0.717, 1.165) is 16.9 Å². The van der Waals surface area contributed by atoms with Crippen LogP contribution in [0.1, 0.15) is 11.3 Å². The van der Waals surface area contributed by atoms with Gasteiger partial charge in [-0.25, -0.2) is 4.99 Å². The average Bonchev–Trinajstić information content (AvgIpc) is 3.30. The van der Waals surface area contributed by atoms with Gasteiger partial charge < -0.3 is 9.88 Å². The summed E-state index contributed by atoms with van der Waals surface area (Å²) >= 11 is 1.26. The van der Waals surface area contributed by atoms with Crippen molar-refractivity contribution < 1.29 is 9.72 Å². The molecule has 7 nitrogen and oxygen atoms in total. The van der Waals surface area contributed by atoms with Crippen LogP contribution in [0.4, 0.5) is 11.4 Å². The van der Waals surface area contributed by atoms with E-state index >= 15 is 0 Å². The van der Waals surface area contributed by atoms with Crippen LogP contribution in [0.25, 0.3) is 11.8 Å². The maximum Gasteiger partial charge on any atom is 0.271 e. The van der Waals surface area contributed by atoms with Crippen molar-refractivity contribution >= 4 is 40.3 Å². The second-order valence-electron chi connectivity index (χ2n) is 6.40. The van der Waals surface area contributed by atoms with Gasteiger partial charge in [0.05, 0.1) is 21.2 Å². The number of aromatic nitrogens is 1. The van der Waals surface area contributed by atoms with Crippen LogP contribution in [0.3, 0.4) is 0 Å². The van der Waals surface area contributed by atoms with Crippen LogP contribution in [-0.2, 0) is 4.79 Å². The Labute approximate surface area is 170 Å². The normalized spacial score (nSPS) is 16.4. The number of nitro benzene ring substituents is 1. The minimum Gasteiger partial charge on any atom is -0.317 e. The summed E-state index contributed by atoms with van der Waals surface area (Å²) in [6, 6.07) is 17.7. The number of benzene rings is 2. The highest BCUT2D eigenvalue weighted by Gasteiger charge is 2.24. The Morgan fingerprint density at radius 1 is 1.14 bits per heavy atom. The number of thioether (sulfide) groups is 1. The topological polar surface area (TPSA) is 89.5 Å². The van der Waals surface area contributed by atoms with Crippen LogP contribution in [0.2, 0.25) is 0 Å². The monoisotopic (exact) mass is 404 g/mol. The molecule has 1 aliphatic heterocycles. The molecular formula is C21H16N4O3S. The molecule has 0 radical (unpaired) electrons. The van der Waals surface area contributed by atoms with Crippen LogP contribution in [0.5, 0.6) is 0 Å². The minimum atomic E-state index is -0.431. The van der Waals surface area contributed by atoms with Crippen LogP contribution in [0.15, 0.2) is 76.8 Å². The highest BCUT2D eigenvalue weighted by molar-refractivity contribution is 8.18. The Bertz CT molecular complexity index is 1160. The smallest absolute Gasteiger partial charge is 0.271 e. The molecule has 2 aromatic carbocycles. The summed E-state index contributed by atoms with van der Waals surface area (Å²) in [4.78, 5) is 28.0. The van der Waals surface area contributed by atoms with E-state index in [4.69, 9.17) is 0 Å². The van der Waals surface area contributed by atoms with E-state index in [0.29, 0.717) is 15.8 Å². The number of nitrogens with one attached hydrogen (secondary N) is 1. The second kappa shape index (κ2) is 7.76. The van der Waals surface area contributed by atoms with Crippen molar-refractivity contribution in [2.75, 3.05) is 0 Å². The summed E-state index contributed by atoms with van der Waals surface area (Å²) in [5.74, 6) is -0.229. The standard InChI is InChI=1S/C21H16N4O3S/c1-14-7-9-15(10-8-14)22-21-23-20(26)19(29-21)13-17-6-3-11-24(17)16-4-2-5-18(12-16)25(27)28/h2-13H,1H3,(H,22,23,26)/b19-13+. The van der Waals surface area contributed by atoms with E-state index in [-0.39, 0.29) is 11.6 Å². The van der Waals surface area contributed by atoms with Crippen LogP contribution in [0, 0.1) is 17.0 Å². The molecule has 3 aromatic rings. The number of nitro groups is 1. The molecular weight excluding hydrogens is 388 g/mol. The average molecular weight is 404 g/mol. The Kier molecular flexibility index (Phi) is 5.01. The van der Waals surface area contributed by atoms with Crippen molar-refractivity contribution in [2.24, 2.45) is 4.99 Å². The van der Waals surface area contributed by atoms with Gasteiger partial charge in [0.1, 0.15) is 0 Å². The molecule has 0 saturated carbocycles. The second-order valence-corrected chi connectivity index (χ2v) is 7.43. The SMILES string of the molecule is Cc1ccc(N=C2NC(=O)/C(=C\c3cccn3-c3cccc([N+](=O)[O-])c3)S2)cc1. The number of amidine groups is 1. The van der Waals surface area contributed by atoms with E-state index in [1.807, 2.05) is 43.3 Å². The lowest BCUT2D eigenvalue weighted by Crippen LogP contribution is -2.19. The van der Waals surface area contributed by atoms with Gasteiger partial charge in [-0.15, -0.1) is 0 Å². The minimum absolute atomic E-state index is 0.00954. The molecule has 4 rings (SSSR count).